The molecule has 0 aliphatic carbocycles. The predicted molar refractivity (Wildman–Crippen MR) is 46.6 cm³/mol. The van der Waals surface area contributed by atoms with Crippen molar-refractivity contribution in [2.24, 2.45) is 0 Å². The Morgan fingerprint density at radius 1 is 1.18 bits per heavy atom. The molecule has 1 atom stereocenters. The first-order valence-electron chi connectivity index (χ1n) is 4.49. The molecule has 2 nitrogen and oxygen atoms in total. The summed E-state index contributed by atoms with van der Waals surface area (Å²) in [5.74, 6) is 0. The lowest BCUT2D eigenvalue weighted by atomic mass is 10.3. The van der Waals surface area contributed by atoms with Crippen LogP contribution in [0.1, 0.15) is 39.5 Å². The van der Waals surface area contributed by atoms with Crippen molar-refractivity contribution in [3.05, 3.63) is 0 Å². The maximum absolute atomic E-state index is 5.45. The van der Waals surface area contributed by atoms with E-state index in [-0.39, 0.29) is 6.29 Å². The van der Waals surface area contributed by atoms with Crippen molar-refractivity contribution in [3.8, 4) is 0 Å². The first kappa shape index (κ1) is 10.9. The highest BCUT2D eigenvalue weighted by molar-refractivity contribution is 4.42. The monoisotopic (exact) mass is 160 g/mol. The van der Waals surface area contributed by atoms with Crippen LogP contribution in [0, 0.1) is 0 Å². The molecule has 0 aromatic carbocycles. The number of unbranched alkanes of at least 4 members (excludes halogenated alkanes) is 1. The second-order valence-electron chi connectivity index (χ2n) is 2.68. The van der Waals surface area contributed by atoms with E-state index in [0.29, 0.717) is 0 Å². The van der Waals surface area contributed by atoms with Gasteiger partial charge in [-0.15, -0.1) is 0 Å². The van der Waals surface area contributed by atoms with E-state index in [1.165, 1.54) is 6.42 Å². The Labute approximate surface area is 69.9 Å². The average Bonchev–Trinajstić information content (AvgIpc) is 2.03. The minimum absolute atomic E-state index is 0.0200. The van der Waals surface area contributed by atoms with Crippen LogP contribution in [0.2, 0.25) is 0 Å². The van der Waals surface area contributed by atoms with Gasteiger partial charge in [0.05, 0.1) is 0 Å². The van der Waals surface area contributed by atoms with E-state index in [1.54, 1.807) is 7.11 Å². The minimum Gasteiger partial charge on any atom is -0.356 e. The quantitative estimate of drug-likeness (QED) is 0.421. The topological polar surface area (TPSA) is 18.5 Å². The van der Waals surface area contributed by atoms with E-state index < -0.39 is 0 Å². The van der Waals surface area contributed by atoms with Crippen LogP contribution in [-0.4, -0.2) is 20.0 Å². The van der Waals surface area contributed by atoms with E-state index in [9.17, 15) is 0 Å². The third-order valence-electron chi connectivity index (χ3n) is 1.59. The van der Waals surface area contributed by atoms with Gasteiger partial charge in [-0.1, -0.05) is 26.7 Å². The molecular weight excluding hydrogens is 140 g/mol. The summed E-state index contributed by atoms with van der Waals surface area (Å²) < 4.78 is 10.6. The molecule has 1 unspecified atom stereocenters. The zero-order valence-electron chi connectivity index (χ0n) is 7.93. The molecule has 11 heavy (non-hydrogen) atoms. The van der Waals surface area contributed by atoms with Crippen molar-refractivity contribution >= 4 is 0 Å². The van der Waals surface area contributed by atoms with Gasteiger partial charge in [-0.3, -0.25) is 0 Å². The molecule has 0 heterocycles. The molecule has 0 N–H and O–H groups in total. The van der Waals surface area contributed by atoms with Crippen molar-refractivity contribution in [2.45, 2.75) is 45.8 Å². The van der Waals surface area contributed by atoms with Crippen molar-refractivity contribution in [2.75, 3.05) is 13.7 Å². The van der Waals surface area contributed by atoms with Gasteiger partial charge in [0, 0.05) is 13.7 Å². The third-order valence-corrected chi connectivity index (χ3v) is 1.59. The van der Waals surface area contributed by atoms with Crippen LogP contribution in [0.3, 0.4) is 0 Å². The molecule has 0 aromatic rings. The number of hydrogen-bond acceptors (Lipinski definition) is 2. The Balaban J connectivity index is 3.20. The molecule has 0 radical (unpaired) electrons. The van der Waals surface area contributed by atoms with E-state index in [2.05, 4.69) is 13.8 Å². The highest BCUT2D eigenvalue weighted by Gasteiger charge is 2.03. The fraction of sp³-hybridized carbons (Fsp3) is 1.00. The first-order valence-corrected chi connectivity index (χ1v) is 4.49. The molecular formula is C9H20O2. The number of ether oxygens (including phenoxy) is 2. The van der Waals surface area contributed by atoms with Crippen molar-refractivity contribution in [1.29, 1.82) is 0 Å². The largest absolute Gasteiger partial charge is 0.356 e. The van der Waals surface area contributed by atoms with Crippen molar-refractivity contribution in [1.82, 2.24) is 0 Å². The van der Waals surface area contributed by atoms with E-state index in [1.807, 2.05) is 0 Å². The lowest BCUT2D eigenvalue weighted by Crippen LogP contribution is -2.15. The van der Waals surface area contributed by atoms with Gasteiger partial charge in [0.2, 0.25) is 0 Å². The number of hydrogen-bond donors (Lipinski definition) is 0. The van der Waals surface area contributed by atoms with Crippen LogP contribution in [0.5, 0.6) is 0 Å². The summed E-state index contributed by atoms with van der Waals surface area (Å²) in [5.41, 5.74) is 0. The second kappa shape index (κ2) is 8.02. The highest BCUT2D eigenvalue weighted by Crippen LogP contribution is 2.03. The maximum atomic E-state index is 5.45. The van der Waals surface area contributed by atoms with Crippen LogP contribution in [0.25, 0.3) is 0 Å². The second-order valence-corrected chi connectivity index (χ2v) is 2.68. The molecule has 2 heteroatoms. The summed E-state index contributed by atoms with van der Waals surface area (Å²) in [6.07, 6.45) is 4.45. The van der Waals surface area contributed by atoms with Gasteiger partial charge >= 0.3 is 0 Å². The summed E-state index contributed by atoms with van der Waals surface area (Å²) in [6, 6.07) is 0. The number of rotatable bonds is 7. The Hall–Kier alpha value is -0.0800. The molecule has 0 saturated carbocycles. The predicted octanol–water partition coefficient (Wildman–Crippen LogP) is 2.58. The Kier molecular flexibility index (Phi) is 7.96. The summed E-state index contributed by atoms with van der Waals surface area (Å²) >= 11 is 0. The molecule has 68 valence electrons. The maximum Gasteiger partial charge on any atom is 0.157 e. The van der Waals surface area contributed by atoms with Crippen LogP contribution in [0.15, 0.2) is 0 Å². The lowest BCUT2D eigenvalue weighted by molar-refractivity contribution is -0.128. The van der Waals surface area contributed by atoms with Crippen LogP contribution in [-0.2, 0) is 9.47 Å². The Bertz CT molecular complexity index is 74.0. The highest BCUT2D eigenvalue weighted by atomic mass is 16.7. The molecule has 0 aromatic heterocycles. The zero-order chi connectivity index (χ0) is 8.53. The summed E-state index contributed by atoms with van der Waals surface area (Å²) in [6.45, 7) is 5.12. The Morgan fingerprint density at radius 3 is 2.36 bits per heavy atom. The fourth-order valence-electron chi connectivity index (χ4n) is 0.864. The summed E-state index contributed by atoms with van der Waals surface area (Å²) in [7, 11) is 1.70. The van der Waals surface area contributed by atoms with Gasteiger partial charge < -0.3 is 9.47 Å². The van der Waals surface area contributed by atoms with Gasteiger partial charge in [-0.25, -0.2) is 0 Å². The van der Waals surface area contributed by atoms with Crippen LogP contribution in [0.4, 0.5) is 0 Å². The summed E-state index contributed by atoms with van der Waals surface area (Å²) in [4.78, 5) is 0. The molecule has 0 bridgehead atoms. The number of methoxy groups -OCH3 is 1. The first-order chi connectivity index (χ1) is 5.35. The van der Waals surface area contributed by atoms with E-state index in [4.69, 9.17) is 9.47 Å². The molecule has 0 aliphatic rings. The average molecular weight is 160 g/mol. The lowest BCUT2D eigenvalue weighted by Gasteiger charge is -2.14. The molecule has 0 spiro atoms. The van der Waals surface area contributed by atoms with E-state index >= 15 is 0 Å². The SMILES string of the molecule is CCCCOC(CCC)OC. The minimum atomic E-state index is 0.0200. The van der Waals surface area contributed by atoms with E-state index in [0.717, 1.165) is 25.9 Å². The van der Waals surface area contributed by atoms with Gasteiger partial charge in [0.15, 0.2) is 6.29 Å². The van der Waals surface area contributed by atoms with Crippen molar-refractivity contribution < 1.29 is 9.47 Å². The van der Waals surface area contributed by atoms with Gasteiger partial charge in [-0.05, 0) is 12.8 Å². The summed E-state index contributed by atoms with van der Waals surface area (Å²) in [5, 5.41) is 0. The standard InChI is InChI=1S/C9H20O2/c1-4-6-8-11-9(10-3)7-5-2/h9H,4-8H2,1-3H3. The van der Waals surface area contributed by atoms with Crippen molar-refractivity contribution in [3.63, 3.8) is 0 Å². The van der Waals surface area contributed by atoms with Gasteiger partial charge in [-0.2, -0.15) is 0 Å². The normalized spacial score (nSPS) is 13.4. The molecule has 0 rings (SSSR count). The molecule has 0 saturated heterocycles. The smallest absolute Gasteiger partial charge is 0.157 e. The fourth-order valence-corrected chi connectivity index (χ4v) is 0.864. The van der Waals surface area contributed by atoms with Gasteiger partial charge in [0.1, 0.15) is 0 Å². The molecule has 0 fully saturated rings. The van der Waals surface area contributed by atoms with Gasteiger partial charge in [0.25, 0.3) is 0 Å². The Morgan fingerprint density at radius 2 is 1.91 bits per heavy atom. The van der Waals surface area contributed by atoms with Crippen LogP contribution >= 0.6 is 0 Å². The molecule has 0 amide bonds. The third kappa shape index (κ3) is 6.32. The van der Waals surface area contributed by atoms with Crippen LogP contribution < -0.4 is 0 Å². The zero-order valence-corrected chi connectivity index (χ0v) is 7.93. The molecule has 0 aliphatic heterocycles.